The fourth-order valence-corrected chi connectivity index (χ4v) is 4.28. The first-order valence-electron chi connectivity index (χ1n) is 7.41. The number of alkyl halides is 3. The van der Waals surface area contributed by atoms with Gasteiger partial charge >= 0.3 is 6.18 Å². The Morgan fingerprint density at radius 3 is 2.95 bits per heavy atom. The highest BCUT2D eigenvalue weighted by atomic mass is 32.1. The van der Waals surface area contributed by atoms with E-state index in [0.717, 1.165) is 29.3 Å². The van der Waals surface area contributed by atoms with Crippen LogP contribution in [0.4, 0.5) is 13.2 Å². The summed E-state index contributed by atoms with van der Waals surface area (Å²) in [4.78, 5) is 6.96. The molecule has 0 saturated carbocycles. The third-order valence-electron chi connectivity index (χ3n) is 4.24. The molecule has 2 atom stereocenters. The Balaban J connectivity index is 1.81. The number of nitrogens with one attached hydrogen (secondary N) is 1. The predicted octanol–water partition coefficient (Wildman–Crippen LogP) is 2.51. The minimum atomic E-state index is -4.19. The Hall–Kier alpha value is -0.700. The number of hydrogen-bond donors (Lipinski definition) is 1. The van der Waals surface area contributed by atoms with Crippen molar-refractivity contribution in [2.75, 3.05) is 32.9 Å². The first kappa shape index (κ1) is 16.2. The third-order valence-corrected chi connectivity index (χ3v) is 5.31. The van der Waals surface area contributed by atoms with Crippen LogP contribution in [0.15, 0.2) is 6.20 Å². The van der Waals surface area contributed by atoms with Gasteiger partial charge in [-0.3, -0.25) is 10.2 Å². The summed E-state index contributed by atoms with van der Waals surface area (Å²) in [6.45, 7) is 3.01. The topological polar surface area (TPSA) is 37.4 Å². The molecule has 1 aromatic heterocycles. The van der Waals surface area contributed by atoms with Crippen LogP contribution in [0.1, 0.15) is 28.6 Å². The Labute approximate surface area is 131 Å². The second-order valence-electron chi connectivity index (χ2n) is 6.22. The van der Waals surface area contributed by atoms with Crippen molar-refractivity contribution in [3.8, 4) is 0 Å². The molecule has 2 aliphatic rings. The van der Waals surface area contributed by atoms with E-state index in [4.69, 9.17) is 4.74 Å². The summed E-state index contributed by atoms with van der Waals surface area (Å²) < 4.78 is 44.3. The van der Waals surface area contributed by atoms with Gasteiger partial charge in [-0.2, -0.15) is 13.2 Å². The number of hydrogen-bond acceptors (Lipinski definition) is 5. The predicted molar refractivity (Wildman–Crippen MR) is 78.0 cm³/mol. The molecule has 1 N–H and O–H groups in total. The molecular formula is C14H20F3N3OS. The van der Waals surface area contributed by atoms with Crippen molar-refractivity contribution in [3.63, 3.8) is 0 Å². The minimum Gasteiger partial charge on any atom is -0.358 e. The SMILES string of the molecule is Cc1cnc(C2CN(CC(F)(F)F)CC3(CCNCO3)C2)s1. The lowest BCUT2D eigenvalue weighted by atomic mass is 9.82. The molecule has 1 aromatic rings. The van der Waals surface area contributed by atoms with Crippen molar-refractivity contribution in [1.82, 2.24) is 15.2 Å². The van der Waals surface area contributed by atoms with E-state index in [0.29, 0.717) is 19.8 Å². The monoisotopic (exact) mass is 335 g/mol. The molecule has 124 valence electrons. The molecule has 3 rings (SSSR count). The summed E-state index contributed by atoms with van der Waals surface area (Å²) in [5, 5.41) is 4.02. The van der Waals surface area contributed by atoms with E-state index in [1.54, 1.807) is 17.5 Å². The summed E-state index contributed by atoms with van der Waals surface area (Å²) in [5.74, 6) is 0.00731. The Morgan fingerprint density at radius 1 is 1.55 bits per heavy atom. The van der Waals surface area contributed by atoms with Crippen LogP contribution in [0.25, 0.3) is 0 Å². The molecule has 0 radical (unpaired) electrons. The summed E-state index contributed by atoms with van der Waals surface area (Å²) in [7, 11) is 0. The van der Waals surface area contributed by atoms with Gasteiger partial charge in [-0.15, -0.1) is 11.3 Å². The smallest absolute Gasteiger partial charge is 0.358 e. The van der Waals surface area contributed by atoms with Gasteiger partial charge in [-0.25, -0.2) is 4.98 Å². The maximum atomic E-state index is 12.8. The minimum absolute atomic E-state index is 0.00731. The van der Waals surface area contributed by atoms with Crippen molar-refractivity contribution in [2.24, 2.45) is 0 Å². The molecule has 0 aliphatic carbocycles. The van der Waals surface area contributed by atoms with Gasteiger partial charge in [0.05, 0.1) is 23.9 Å². The summed E-state index contributed by atoms with van der Waals surface area (Å²) in [5.41, 5.74) is -0.487. The van der Waals surface area contributed by atoms with Crippen LogP contribution in [-0.2, 0) is 4.74 Å². The second kappa shape index (κ2) is 6.07. The van der Waals surface area contributed by atoms with Crippen molar-refractivity contribution in [1.29, 1.82) is 0 Å². The van der Waals surface area contributed by atoms with Crippen LogP contribution >= 0.6 is 11.3 Å². The molecule has 2 fully saturated rings. The molecule has 3 heterocycles. The molecule has 0 bridgehead atoms. The molecule has 8 heteroatoms. The van der Waals surface area contributed by atoms with Crippen LogP contribution in [0.5, 0.6) is 0 Å². The largest absolute Gasteiger partial charge is 0.401 e. The molecule has 22 heavy (non-hydrogen) atoms. The average Bonchev–Trinajstić information content (AvgIpc) is 2.84. The number of aryl methyl sites for hydroxylation is 1. The van der Waals surface area contributed by atoms with Crippen LogP contribution in [-0.4, -0.2) is 54.6 Å². The van der Waals surface area contributed by atoms with E-state index in [9.17, 15) is 13.2 Å². The van der Waals surface area contributed by atoms with Crippen LogP contribution in [0.3, 0.4) is 0 Å². The summed E-state index contributed by atoms with van der Waals surface area (Å²) >= 11 is 1.57. The fraction of sp³-hybridized carbons (Fsp3) is 0.786. The van der Waals surface area contributed by atoms with Gasteiger partial charge in [-0.05, 0) is 19.8 Å². The first-order chi connectivity index (χ1) is 10.4. The lowest BCUT2D eigenvalue weighted by Gasteiger charge is -2.47. The number of piperidine rings is 1. The van der Waals surface area contributed by atoms with Crippen molar-refractivity contribution >= 4 is 11.3 Å². The zero-order chi connectivity index (χ0) is 15.8. The van der Waals surface area contributed by atoms with Crippen molar-refractivity contribution in [3.05, 3.63) is 16.1 Å². The van der Waals surface area contributed by atoms with E-state index >= 15 is 0 Å². The number of halogens is 3. The van der Waals surface area contributed by atoms with Crippen LogP contribution in [0.2, 0.25) is 0 Å². The van der Waals surface area contributed by atoms with Gasteiger partial charge in [0.2, 0.25) is 0 Å². The molecule has 2 unspecified atom stereocenters. The lowest BCUT2D eigenvalue weighted by molar-refractivity contribution is -0.174. The van der Waals surface area contributed by atoms with E-state index < -0.39 is 18.3 Å². The molecule has 1 spiro atoms. The summed E-state index contributed by atoms with van der Waals surface area (Å²) in [6.07, 6.45) is -0.911. The average molecular weight is 335 g/mol. The highest BCUT2D eigenvalue weighted by Gasteiger charge is 2.45. The molecule has 0 aromatic carbocycles. The maximum absolute atomic E-state index is 12.8. The van der Waals surface area contributed by atoms with E-state index in [-0.39, 0.29) is 5.92 Å². The van der Waals surface area contributed by atoms with Crippen molar-refractivity contribution < 1.29 is 17.9 Å². The van der Waals surface area contributed by atoms with Gasteiger partial charge in [0.15, 0.2) is 0 Å². The van der Waals surface area contributed by atoms with Gasteiger partial charge in [0, 0.05) is 36.6 Å². The zero-order valence-corrected chi connectivity index (χ0v) is 13.3. The van der Waals surface area contributed by atoms with Gasteiger partial charge in [-0.1, -0.05) is 0 Å². The number of likely N-dealkylation sites (tertiary alicyclic amines) is 1. The Kier molecular flexibility index (Phi) is 4.46. The quantitative estimate of drug-likeness (QED) is 0.901. The van der Waals surface area contributed by atoms with Gasteiger partial charge < -0.3 is 4.74 Å². The number of nitrogens with zero attached hydrogens (tertiary/aromatic N) is 2. The molecule has 2 aliphatic heterocycles. The van der Waals surface area contributed by atoms with Crippen LogP contribution in [0, 0.1) is 6.92 Å². The fourth-order valence-electron chi connectivity index (χ4n) is 3.41. The number of rotatable bonds is 2. The van der Waals surface area contributed by atoms with E-state index in [1.807, 2.05) is 6.92 Å². The molecule has 4 nitrogen and oxygen atoms in total. The van der Waals surface area contributed by atoms with Gasteiger partial charge in [0.25, 0.3) is 0 Å². The molecular weight excluding hydrogens is 315 g/mol. The zero-order valence-electron chi connectivity index (χ0n) is 12.4. The summed E-state index contributed by atoms with van der Waals surface area (Å²) in [6, 6.07) is 0. The molecule has 0 amide bonds. The second-order valence-corrected chi connectivity index (χ2v) is 7.48. The van der Waals surface area contributed by atoms with Crippen LogP contribution < -0.4 is 5.32 Å². The third kappa shape index (κ3) is 3.79. The lowest BCUT2D eigenvalue weighted by Crippen LogP contribution is -2.58. The Bertz CT molecular complexity index is 514. The maximum Gasteiger partial charge on any atom is 0.401 e. The highest BCUT2D eigenvalue weighted by molar-refractivity contribution is 7.11. The van der Waals surface area contributed by atoms with E-state index in [1.165, 1.54) is 4.90 Å². The standard InChI is InChI=1S/C14H20F3N3OS/c1-10-5-19-12(22-10)11-4-13(2-3-18-9-21-13)7-20(6-11)8-14(15,16)17/h5,11,18H,2-4,6-9H2,1H3. The van der Waals surface area contributed by atoms with Gasteiger partial charge in [0.1, 0.15) is 0 Å². The van der Waals surface area contributed by atoms with E-state index in [2.05, 4.69) is 10.3 Å². The highest BCUT2D eigenvalue weighted by Crippen LogP contribution is 2.39. The molecule has 2 saturated heterocycles. The normalized spacial score (nSPS) is 30.8. The first-order valence-corrected chi connectivity index (χ1v) is 8.23. The number of thiazole rings is 1. The van der Waals surface area contributed by atoms with Crippen molar-refractivity contribution in [2.45, 2.75) is 37.5 Å². The number of ether oxygens (including phenoxy) is 1. The number of aromatic nitrogens is 1. The Morgan fingerprint density at radius 2 is 2.36 bits per heavy atom.